The Balaban J connectivity index is 1.53. The van der Waals surface area contributed by atoms with Crippen molar-refractivity contribution in [2.75, 3.05) is 46.6 Å². The first-order valence-electron chi connectivity index (χ1n) is 8.57. The molecular weight excluding hydrogens is 342 g/mol. The third-order valence-electron chi connectivity index (χ3n) is 4.63. The number of rotatable bonds is 6. The number of nitro benzene ring substituents is 1. The van der Waals surface area contributed by atoms with Crippen LogP contribution < -0.4 is 24.7 Å². The maximum Gasteiger partial charge on any atom is 0.282 e. The molecule has 0 radical (unpaired) electrons. The molecule has 2 aliphatic rings. The fourth-order valence-corrected chi connectivity index (χ4v) is 3.01. The molecule has 10 nitrogen and oxygen atoms in total. The normalized spacial score (nSPS) is 21.7. The maximum absolute atomic E-state index is 11.9. The van der Waals surface area contributed by atoms with E-state index in [1.165, 1.54) is 28.1 Å². The molecule has 3 rings (SSSR count). The van der Waals surface area contributed by atoms with E-state index in [-0.39, 0.29) is 24.0 Å². The van der Waals surface area contributed by atoms with Crippen molar-refractivity contribution in [1.82, 2.24) is 5.43 Å². The highest BCUT2D eigenvalue weighted by atomic mass is 16.7. The number of quaternary nitrogens is 2. The van der Waals surface area contributed by atoms with Gasteiger partial charge in [0.05, 0.1) is 42.8 Å². The minimum atomic E-state index is -0.524. The molecule has 0 bridgehead atoms. The third kappa shape index (κ3) is 4.46. The number of hydrazone groups is 1. The molecule has 3 N–H and O–H groups in total. The number of nitrogens with zero attached hydrogens (tertiary/aromatic N) is 2. The summed E-state index contributed by atoms with van der Waals surface area (Å²) >= 11 is 0. The van der Waals surface area contributed by atoms with Crippen LogP contribution in [0.25, 0.3) is 0 Å². The Morgan fingerprint density at radius 2 is 2.00 bits per heavy atom. The van der Waals surface area contributed by atoms with Gasteiger partial charge in [-0.3, -0.25) is 14.9 Å². The first kappa shape index (κ1) is 18.1. The number of ether oxygens (including phenoxy) is 2. The van der Waals surface area contributed by atoms with Gasteiger partial charge in [-0.2, -0.15) is 5.10 Å². The number of nitrogens with one attached hydrogen (secondary N) is 3. The standard InChI is InChI=1S/C16H21N5O5/c1-19-4-6-20(7-5-19)3-2-16(22)18-17-10-12-8-14-15(26-11-25-14)9-13(12)21(23)24/h8-10H,2-7,11H2,1H3,(H,18,22)/p+2/b17-10-. The van der Waals surface area contributed by atoms with Gasteiger partial charge in [0.25, 0.3) is 5.69 Å². The molecule has 0 spiro atoms. The zero-order chi connectivity index (χ0) is 18.5. The van der Waals surface area contributed by atoms with Gasteiger partial charge >= 0.3 is 0 Å². The van der Waals surface area contributed by atoms with Gasteiger partial charge in [-0.15, -0.1) is 0 Å². The number of carbonyl (C=O) groups excluding carboxylic acids is 1. The molecule has 0 saturated carbocycles. The highest BCUT2D eigenvalue weighted by Gasteiger charge is 2.23. The van der Waals surface area contributed by atoms with Gasteiger partial charge in [0, 0.05) is 0 Å². The summed E-state index contributed by atoms with van der Waals surface area (Å²) in [6.45, 7) is 5.14. The van der Waals surface area contributed by atoms with E-state index in [0.717, 1.165) is 32.7 Å². The molecule has 10 heteroatoms. The van der Waals surface area contributed by atoms with E-state index in [0.29, 0.717) is 17.9 Å². The SMILES string of the molecule is C[NH+]1CC[NH+](CCC(=O)N/N=C\c2cc3c(cc2[N+](=O)[O-])OCO3)CC1. The summed E-state index contributed by atoms with van der Waals surface area (Å²) in [5.41, 5.74) is 2.52. The average molecular weight is 365 g/mol. The number of piperazine rings is 1. The predicted octanol–water partition coefficient (Wildman–Crippen LogP) is -2.42. The molecule has 1 amide bonds. The minimum absolute atomic E-state index is 0.0277. The van der Waals surface area contributed by atoms with Crippen molar-refractivity contribution in [3.8, 4) is 11.5 Å². The molecular formula is C16H23N5O5+2. The largest absolute Gasteiger partial charge is 0.454 e. The summed E-state index contributed by atoms with van der Waals surface area (Å²) in [5.74, 6) is 0.544. The Kier molecular flexibility index (Phi) is 5.64. The smallest absolute Gasteiger partial charge is 0.282 e. The number of benzene rings is 1. The Labute approximate surface area is 150 Å². The van der Waals surface area contributed by atoms with Crippen molar-refractivity contribution in [2.24, 2.45) is 5.10 Å². The van der Waals surface area contributed by atoms with Crippen molar-refractivity contribution >= 4 is 17.8 Å². The van der Waals surface area contributed by atoms with Crippen molar-refractivity contribution in [2.45, 2.75) is 6.42 Å². The molecule has 1 aromatic carbocycles. The summed E-state index contributed by atoms with van der Waals surface area (Å²) in [5, 5.41) is 15.0. The predicted molar refractivity (Wildman–Crippen MR) is 91.8 cm³/mol. The van der Waals surface area contributed by atoms with E-state index in [4.69, 9.17) is 9.47 Å². The number of amides is 1. The molecule has 0 atom stereocenters. The molecule has 0 aliphatic carbocycles. The second-order valence-electron chi connectivity index (χ2n) is 6.52. The second-order valence-corrected chi connectivity index (χ2v) is 6.52. The topological polar surface area (TPSA) is 112 Å². The van der Waals surface area contributed by atoms with Crippen LogP contribution in [0.5, 0.6) is 11.5 Å². The van der Waals surface area contributed by atoms with Crippen LogP contribution in [0.4, 0.5) is 5.69 Å². The minimum Gasteiger partial charge on any atom is -0.454 e. The first-order chi connectivity index (χ1) is 12.5. The fraction of sp³-hybridized carbons (Fsp3) is 0.500. The van der Waals surface area contributed by atoms with Crippen LogP contribution >= 0.6 is 0 Å². The average Bonchev–Trinajstić information content (AvgIpc) is 3.08. The van der Waals surface area contributed by atoms with E-state index in [1.807, 2.05) is 0 Å². The highest BCUT2D eigenvalue weighted by Crippen LogP contribution is 2.37. The molecule has 2 heterocycles. The lowest BCUT2D eigenvalue weighted by Crippen LogP contribution is -3.27. The van der Waals surface area contributed by atoms with Crippen LogP contribution in [0.2, 0.25) is 0 Å². The summed E-state index contributed by atoms with van der Waals surface area (Å²) in [6.07, 6.45) is 1.62. The molecule has 0 aromatic heterocycles. The zero-order valence-electron chi connectivity index (χ0n) is 14.6. The van der Waals surface area contributed by atoms with Gasteiger partial charge in [-0.1, -0.05) is 0 Å². The summed E-state index contributed by atoms with van der Waals surface area (Å²) in [7, 11) is 2.17. The monoisotopic (exact) mass is 365 g/mol. The Morgan fingerprint density at radius 1 is 1.31 bits per heavy atom. The second kappa shape index (κ2) is 8.11. The van der Waals surface area contributed by atoms with Crippen LogP contribution in [-0.4, -0.2) is 63.6 Å². The summed E-state index contributed by atoms with van der Waals surface area (Å²) in [6, 6.07) is 2.77. The van der Waals surface area contributed by atoms with Crippen LogP contribution in [-0.2, 0) is 4.79 Å². The number of nitro groups is 1. The van der Waals surface area contributed by atoms with Crippen LogP contribution in [0, 0.1) is 10.1 Å². The molecule has 140 valence electrons. The van der Waals surface area contributed by atoms with Gasteiger partial charge in [-0.05, 0) is 6.07 Å². The van der Waals surface area contributed by atoms with Crippen molar-refractivity contribution in [3.63, 3.8) is 0 Å². The quantitative estimate of drug-likeness (QED) is 0.295. The van der Waals surface area contributed by atoms with E-state index in [9.17, 15) is 14.9 Å². The molecule has 26 heavy (non-hydrogen) atoms. The van der Waals surface area contributed by atoms with Crippen LogP contribution in [0.15, 0.2) is 17.2 Å². The lowest BCUT2D eigenvalue weighted by atomic mass is 10.1. The summed E-state index contributed by atoms with van der Waals surface area (Å²) in [4.78, 5) is 25.5. The van der Waals surface area contributed by atoms with Crippen LogP contribution in [0.3, 0.4) is 0 Å². The lowest BCUT2D eigenvalue weighted by Gasteiger charge is -2.26. The Hall–Kier alpha value is -2.72. The van der Waals surface area contributed by atoms with Crippen molar-refractivity contribution < 1.29 is 29.0 Å². The molecule has 1 aromatic rings. The summed E-state index contributed by atoms with van der Waals surface area (Å²) < 4.78 is 10.4. The van der Waals surface area contributed by atoms with Crippen LogP contribution in [0.1, 0.15) is 12.0 Å². The van der Waals surface area contributed by atoms with Gasteiger partial charge in [0.1, 0.15) is 26.2 Å². The molecule has 1 fully saturated rings. The number of carbonyl (C=O) groups is 1. The van der Waals surface area contributed by atoms with Crippen molar-refractivity contribution in [1.29, 1.82) is 0 Å². The first-order valence-corrected chi connectivity index (χ1v) is 8.57. The number of hydrogen-bond acceptors (Lipinski definition) is 6. The maximum atomic E-state index is 11.9. The van der Waals surface area contributed by atoms with Gasteiger partial charge in [0.15, 0.2) is 11.5 Å². The highest BCUT2D eigenvalue weighted by molar-refractivity contribution is 5.88. The fourth-order valence-electron chi connectivity index (χ4n) is 3.01. The number of fused-ring (bicyclic) bond motifs is 1. The van der Waals surface area contributed by atoms with E-state index >= 15 is 0 Å². The lowest BCUT2D eigenvalue weighted by molar-refractivity contribution is -1.00. The van der Waals surface area contributed by atoms with Gasteiger partial charge < -0.3 is 19.3 Å². The molecule has 0 unspecified atom stereocenters. The van der Waals surface area contributed by atoms with E-state index in [2.05, 4.69) is 17.6 Å². The number of likely N-dealkylation sites (N-methyl/N-ethyl adjacent to an activating group) is 1. The van der Waals surface area contributed by atoms with Gasteiger partial charge in [-0.25, -0.2) is 5.43 Å². The van der Waals surface area contributed by atoms with E-state index in [1.54, 1.807) is 0 Å². The Morgan fingerprint density at radius 3 is 2.69 bits per heavy atom. The van der Waals surface area contributed by atoms with Gasteiger partial charge in [0.2, 0.25) is 12.7 Å². The Bertz CT molecular complexity index is 715. The number of hydrogen-bond donors (Lipinski definition) is 3. The van der Waals surface area contributed by atoms with Crippen molar-refractivity contribution in [3.05, 3.63) is 27.8 Å². The molecule has 2 aliphatic heterocycles. The third-order valence-corrected chi connectivity index (χ3v) is 4.63. The molecule has 1 saturated heterocycles. The van der Waals surface area contributed by atoms with E-state index < -0.39 is 4.92 Å². The zero-order valence-corrected chi connectivity index (χ0v) is 14.6.